The summed E-state index contributed by atoms with van der Waals surface area (Å²) >= 11 is 7.10. The predicted octanol–water partition coefficient (Wildman–Crippen LogP) is 4.05. The zero-order valence-electron chi connectivity index (χ0n) is 13.7. The summed E-state index contributed by atoms with van der Waals surface area (Å²) in [6.45, 7) is 0. The molecule has 3 rings (SSSR count). The maximum absolute atomic E-state index is 14.4. The van der Waals surface area contributed by atoms with Gasteiger partial charge in [0.05, 0.1) is 16.1 Å². The first kappa shape index (κ1) is 20.4. The monoisotopic (exact) mass is 449 g/mol. The van der Waals surface area contributed by atoms with Crippen molar-refractivity contribution in [1.82, 2.24) is 4.98 Å². The van der Waals surface area contributed by atoms with E-state index in [-0.39, 0.29) is 16.6 Å². The van der Waals surface area contributed by atoms with Crippen molar-refractivity contribution in [3.63, 3.8) is 0 Å². The minimum atomic E-state index is -4.32. The normalized spacial score (nSPS) is 12.6. The van der Waals surface area contributed by atoms with E-state index in [1.54, 1.807) is 0 Å². The third kappa shape index (κ3) is 4.22. The first-order chi connectivity index (χ1) is 13.2. The number of halogens is 4. The quantitative estimate of drug-likeness (QED) is 0.554. The van der Waals surface area contributed by atoms with Crippen LogP contribution in [0.15, 0.2) is 46.1 Å². The molecule has 28 heavy (non-hydrogen) atoms. The van der Waals surface area contributed by atoms with Crippen molar-refractivity contribution in [3.05, 3.63) is 69.3 Å². The third-order valence-corrected chi connectivity index (χ3v) is 5.74. The summed E-state index contributed by atoms with van der Waals surface area (Å²) in [7, 11) is -4.32. The number of anilines is 1. The summed E-state index contributed by atoms with van der Waals surface area (Å²) in [6.07, 6.45) is -1.64. The highest BCUT2D eigenvalue weighted by atomic mass is 35.5. The Morgan fingerprint density at radius 1 is 1.18 bits per heavy atom. The molecule has 0 aliphatic rings. The van der Waals surface area contributed by atoms with Gasteiger partial charge in [-0.3, -0.25) is 10.5 Å². The molecule has 1 atom stereocenters. The van der Waals surface area contributed by atoms with Gasteiger partial charge >= 0.3 is 0 Å². The Labute approximate surface area is 166 Å². The minimum Gasteiger partial charge on any atom is -0.469 e. The Bertz CT molecular complexity index is 1090. The number of hydrogen-bond acceptors (Lipinski definition) is 6. The number of ether oxygens (including phenoxy) is 1. The molecule has 0 amide bonds. The fourth-order valence-electron chi connectivity index (χ4n) is 2.24. The van der Waals surface area contributed by atoms with Crippen molar-refractivity contribution in [2.75, 3.05) is 4.72 Å². The fourth-order valence-corrected chi connectivity index (χ4v) is 4.16. The molecule has 1 aromatic heterocycles. The molecule has 0 spiro atoms. The number of benzene rings is 2. The van der Waals surface area contributed by atoms with Gasteiger partial charge < -0.3 is 4.74 Å². The maximum Gasteiger partial charge on any atom is 0.266 e. The molecule has 1 heterocycles. The van der Waals surface area contributed by atoms with Crippen LogP contribution in [0.2, 0.25) is 5.02 Å². The van der Waals surface area contributed by atoms with Crippen LogP contribution in [0.4, 0.5) is 19.0 Å². The van der Waals surface area contributed by atoms with Gasteiger partial charge in [0.2, 0.25) is 0 Å². The van der Waals surface area contributed by atoms with Crippen molar-refractivity contribution < 1.29 is 26.3 Å². The summed E-state index contributed by atoms with van der Waals surface area (Å²) in [5.74, 6) is -3.50. The summed E-state index contributed by atoms with van der Waals surface area (Å²) in [5.41, 5.74) is 6.45. The molecule has 0 saturated carbocycles. The van der Waals surface area contributed by atoms with Crippen LogP contribution in [0, 0.1) is 17.5 Å². The van der Waals surface area contributed by atoms with Gasteiger partial charge in [-0.15, -0.1) is 11.3 Å². The smallest absolute Gasteiger partial charge is 0.266 e. The molecular formula is C16H11ClF3N3O3S2. The van der Waals surface area contributed by atoms with E-state index < -0.39 is 44.2 Å². The molecule has 0 bridgehead atoms. The Hall–Kier alpha value is -2.34. The first-order valence-electron chi connectivity index (χ1n) is 7.45. The molecule has 0 unspecified atom stereocenters. The average molecular weight is 450 g/mol. The minimum absolute atomic E-state index is 0.0119. The van der Waals surface area contributed by atoms with Crippen LogP contribution in [0.5, 0.6) is 5.75 Å². The zero-order chi connectivity index (χ0) is 20.5. The summed E-state index contributed by atoms with van der Waals surface area (Å²) in [5, 5.41) is 1.09. The van der Waals surface area contributed by atoms with E-state index in [1.165, 1.54) is 10.9 Å². The molecule has 3 aromatic rings. The van der Waals surface area contributed by atoms with E-state index in [4.69, 9.17) is 22.1 Å². The van der Waals surface area contributed by atoms with E-state index in [0.717, 1.165) is 35.6 Å². The van der Waals surface area contributed by atoms with Gasteiger partial charge in [0, 0.05) is 11.4 Å². The summed E-state index contributed by atoms with van der Waals surface area (Å²) in [6, 6.07) is 4.55. The molecule has 0 aliphatic carbocycles. The van der Waals surface area contributed by atoms with Crippen LogP contribution in [0.25, 0.3) is 0 Å². The van der Waals surface area contributed by atoms with Crippen LogP contribution >= 0.6 is 22.9 Å². The van der Waals surface area contributed by atoms with Crippen LogP contribution in [0.3, 0.4) is 0 Å². The van der Waals surface area contributed by atoms with Crippen LogP contribution in [-0.4, -0.2) is 13.4 Å². The zero-order valence-corrected chi connectivity index (χ0v) is 16.1. The molecule has 2 aromatic carbocycles. The second-order valence-electron chi connectivity index (χ2n) is 5.37. The Morgan fingerprint density at radius 2 is 1.86 bits per heavy atom. The van der Waals surface area contributed by atoms with Gasteiger partial charge in [-0.1, -0.05) is 17.7 Å². The lowest BCUT2D eigenvalue weighted by atomic mass is 10.1. The number of thiazole rings is 1. The van der Waals surface area contributed by atoms with E-state index in [9.17, 15) is 21.6 Å². The third-order valence-electron chi connectivity index (χ3n) is 3.49. The van der Waals surface area contributed by atoms with Crippen LogP contribution < -0.4 is 15.2 Å². The standard InChI is InChI=1S/C16H11ClF3N3O3S2/c17-8-4-13(28(24,25)23-14-6-27-7-22-14)11(20)5-12(8)26-16(21)15-9(18)2-1-3-10(15)19/h1-7,16,23H,21H2/t16-/m1/s1. The van der Waals surface area contributed by atoms with Gasteiger partial charge in [-0.05, 0) is 18.2 Å². The maximum atomic E-state index is 14.4. The Kier molecular flexibility index (Phi) is 5.79. The topological polar surface area (TPSA) is 94.3 Å². The number of sulfonamides is 1. The van der Waals surface area contributed by atoms with Crippen molar-refractivity contribution in [3.8, 4) is 5.75 Å². The number of hydrogen-bond donors (Lipinski definition) is 2. The molecule has 0 aliphatic heterocycles. The van der Waals surface area contributed by atoms with Crippen LogP contribution in [0.1, 0.15) is 11.8 Å². The lowest BCUT2D eigenvalue weighted by molar-refractivity contribution is 0.202. The van der Waals surface area contributed by atoms with Gasteiger partial charge in [-0.25, -0.2) is 26.6 Å². The SMILES string of the molecule is N[C@H](Oc1cc(F)c(S(=O)(=O)Nc2cscn2)cc1Cl)c1c(F)cccc1F. The largest absolute Gasteiger partial charge is 0.469 e. The van der Waals surface area contributed by atoms with Crippen molar-refractivity contribution in [1.29, 1.82) is 0 Å². The molecule has 148 valence electrons. The number of nitrogens with one attached hydrogen (secondary N) is 1. The molecular weight excluding hydrogens is 439 g/mol. The number of rotatable bonds is 6. The van der Waals surface area contributed by atoms with Gasteiger partial charge in [-0.2, -0.15) is 0 Å². The Balaban J connectivity index is 1.90. The highest BCUT2D eigenvalue weighted by Gasteiger charge is 2.25. The van der Waals surface area contributed by atoms with E-state index in [0.29, 0.717) is 6.07 Å². The Morgan fingerprint density at radius 3 is 2.46 bits per heavy atom. The highest BCUT2D eigenvalue weighted by Crippen LogP contribution is 2.33. The number of aromatic nitrogens is 1. The molecule has 3 N–H and O–H groups in total. The van der Waals surface area contributed by atoms with Gasteiger partial charge in [0.25, 0.3) is 10.0 Å². The highest BCUT2D eigenvalue weighted by molar-refractivity contribution is 7.92. The lowest BCUT2D eigenvalue weighted by Gasteiger charge is -2.18. The van der Waals surface area contributed by atoms with E-state index >= 15 is 0 Å². The van der Waals surface area contributed by atoms with E-state index in [2.05, 4.69) is 9.71 Å². The fraction of sp³-hybridized carbons (Fsp3) is 0.0625. The lowest BCUT2D eigenvalue weighted by Crippen LogP contribution is -2.21. The van der Waals surface area contributed by atoms with Gasteiger partial charge in [0.1, 0.15) is 28.1 Å². The van der Waals surface area contributed by atoms with Crippen molar-refractivity contribution in [2.24, 2.45) is 5.73 Å². The predicted molar refractivity (Wildman–Crippen MR) is 98.2 cm³/mol. The second-order valence-corrected chi connectivity index (χ2v) is 8.14. The number of nitrogens with two attached hydrogens (primary N) is 1. The van der Waals surface area contributed by atoms with E-state index in [1.807, 2.05) is 0 Å². The van der Waals surface area contributed by atoms with Crippen molar-refractivity contribution >= 4 is 38.8 Å². The average Bonchev–Trinajstić information content (AvgIpc) is 3.09. The number of nitrogens with zero attached hydrogens (tertiary/aromatic N) is 1. The van der Waals surface area contributed by atoms with Crippen molar-refractivity contribution in [2.45, 2.75) is 11.1 Å². The molecule has 0 saturated heterocycles. The first-order valence-corrected chi connectivity index (χ1v) is 10.3. The molecule has 6 nitrogen and oxygen atoms in total. The summed E-state index contributed by atoms with van der Waals surface area (Å²) in [4.78, 5) is 2.99. The summed E-state index contributed by atoms with van der Waals surface area (Å²) < 4.78 is 73.8. The molecule has 12 heteroatoms. The van der Waals surface area contributed by atoms with Crippen LogP contribution in [-0.2, 0) is 10.0 Å². The second kappa shape index (κ2) is 7.95. The molecule has 0 fully saturated rings. The molecule has 0 radical (unpaired) electrons. The van der Waals surface area contributed by atoms with Gasteiger partial charge in [0.15, 0.2) is 12.0 Å².